The molecular weight excluding hydrogens is 252 g/mol. The number of fused-ring (bicyclic) bond motifs is 1. The van der Waals surface area contributed by atoms with Crippen molar-refractivity contribution in [3.8, 4) is 0 Å². The molecule has 0 aliphatic heterocycles. The van der Waals surface area contributed by atoms with Gasteiger partial charge in [0.1, 0.15) is 11.2 Å². The summed E-state index contributed by atoms with van der Waals surface area (Å²) in [5, 5.41) is 0.943. The smallest absolute Gasteiger partial charge is 0.420 e. The Labute approximate surface area is 120 Å². The van der Waals surface area contributed by atoms with Crippen LogP contribution in [0.5, 0.6) is 0 Å². The molecule has 110 valence electrons. The molecule has 0 spiro atoms. The van der Waals surface area contributed by atoms with Gasteiger partial charge in [-0.3, -0.25) is 0 Å². The number of carbonyl (C=O) groups is 1. The molecule has 0 aromatic carbocycles. The summed E-state index contributed by atoms with van der Waals surface area (Å²) in [5.41, 5.74) is 1.12. The van der Waals surface area contributed by atoms with Crippen LogP contribution in [0.1, 0.15) is 47.2 Å². The lowest BCUT2D eigenvalue weighted by atomic mass is 10.2. The first-order chi connectivity index (χ1) is 9.40. The van der Waals surface area contributed by atoms with Crippen LogP contribution < -0.4 is 0 Å². The molecule has 0 amide bonds. The molecule has 0 atom stereocenters. The Kier molecular flexibility index (Phi) is 5.31. The number of ether oxygens (including phenoxy) is 1. The van der Waals surface area contributed by atoms with Gasteiger partial charge in [0.25, 0.3) is 0 Å². The van der Waals surface area contributed by atoms with Crippen molar-refractivity contribution in [1.82, 2.24) is 9.55 Å². The van der Waals surface area contributed by atoms with E-state index in [0.717, 1.165) is 17.5 Å². The van der Waals surface area contributed by atoms with Crippen LogP contribution in [0.4, 0.5) is 4.79 Å². The van der Waals surface area contributed by atoms with Crippen molar-refractivity contribution in [2.24, 2.45) is 0 Å². The fourth-order valence-corrected chi connectivity index (χ4v) is 1.70. The number of carbonyl (C=O) groups excluding carboxylic acids is 1. The lowest BCUT2D eigenvalue weighted by Gasteiger charge is -2.19. The third-order valence-electron chi connectivity index (χ3n) is 2.55. The summed E-state index contributed by atoms with van der Waals surface area (Å²) in [4.78, 5) is 16.5. The average molecular weight is 276 g/mol. The van der Waals surface area contributed by atoms with Crippen LogP contribution in [0.15, 0.2) is 24.4 Å². The molecule has 0 saturated carbocycles. The van der Waals surface area contributed by atoms with Gasteiger partial charge in [-0.25, -0.2) is 14.3 Å². The lowest BCUT2D eigenvalue weighted by Crippen LogP contribution is -2.26. The molecule has 0 unspecified atom stereocenters. The maximum atomic E-state index is 12.0. The Morgan fingerprint density at radius 1 is 1.25 bits per heavy atom. The Morgan fingerprint density at radius 3 is 2.45 bits per heavy atom. The van der Waals surface area contributed by atoms with Crippen molar-refractivity contribution in [1.29, 1.82) is 0 Å². The third kappa shape index (κ3) is 3.83. The monoisotopic (exact) mass is 276 g/mol. The number of nitrogens with zero attached hydrogens (tertiary/aromatic N) is 2. The van der Waals surface area contributed by atoms with Crippen LogP contribution in [-0.2, 0) is 11.2 Å². The molecule has 20 heavy (non-hydrogen) atoms. The predicted molar refractivity (Wildman–Crippen MR) is 82.1 cm³/mol. The Balaban J connectivity index is 0.000000956. The van der Waals surface area contributed by atoms with Crippen LogP contribution in [-0.4, -0.2) is 21.2 Å². The number of pyridine rings is 1. The molecule has 0 bridgehead atoms. The minimum atomic E-state index is -0.504. The Bertz CT molecular complexity index is 580. The predicted octanol–water partition coefficient (Wildman–Crippen LogP) is 4.41. The van der Waals surface area contributed by atoms with Crippen LogP contribution in [0.25, 0.3) is 11.0 Å². The van der Waals surface area contributed by atoms with E-state index in [2.05, 4.69) is 4.98 Å². The largest absolute Gasteiger partial charge is 0.443 e. The fourth-order valence-electron chi connectivity index (χ4n) is 1.70. The summed E-state index contributed by atoms with van der Waals surface area (Å²) < 4.78 is 6.81. The van der Waals surface area contributed by atoms with E-state index < -0.39 is 11.7 Å². The molecule has 0 aliphatic carbocycles. The maximum absolute atomic E-state index is 12.0. The van der Waals surface area contributed by atoms with Gasteiger partial charge in [0.2, 0.25) is 0 Å². The van der Waals surface area contributed by atoms with E-state index >= 15 is 0 Å². The van der Waals surface area contributed by atoms with Crippen molar-refractivity contribution in [3.05, 3.63) is 30.1 Å². The molecule has 2 rings (SSSR count). The van der Waals surface area contributed by atoms with E-state index in [-0.39, 0.29) is 0 Å². The zero-order valence-electron chi connectivity index (χ0n) is 13.2. The van der Waals surface area contributed by atoms with Gasteiger partial charge in [0, 0.05) is 17.3 Å². The molecule has 0 N–H and O–H groups in total. The van der Waals surface area contributed by atoms with Crippen molar-refractivity contribution in [2.75, 3.05) is 0 Å². The molecule has 4 heteroatoms. The molecule has 0 aliphatic rings. The van der Waals surface area contributed by atoms with E-state index in [1.807, 2.05) is 59.7 Å². The standard InChI is InChI=1S/C14H18N2O2.C2H6/c1-5-11-7-6-10-8-9-16(12(10)15-11)13(17)18-14(2,3)4;1-2/h6-9H,5H2,1-4H3;1-2H3. The molecule has 2 heterocycles. The second kappa shape index (κ2) is 6.55. The highest BCUT2D eigenvalue weighted by atomic mass is 16.6. The SMILES string of the molecule is CC.CCc1ccc2ccn(C(=O)OC(C)(C)C)c2n1. The highest BCUT2D eigenvalue weighted by molar-refractivity contribution is 5.87. The summed E-state index contributed by atoms with van der Waals surface area (Å²) in [6.45, 7) is 11.6. The van der Waals surface area contributed by atoms with Gasteiger partial charge >= 0.3 is 6.09 Å². The van der Waals surface area contributed by atoms with Gasteiger partial charge in [-0.05, 0) is 45.4 Å². The van der Waals surface area contributed by atoms with Crippen LogP contribution >= 0.6 is 0 Å². The maximum Gasteiger partial charge on any atom is 0.420 e. The van der Waals surface area contributed by atoms with E-state index in [4.69, 9.17) is 4.74 Å². The van der Waals surface area contributed by atoms with Gasteiger partial charge in [-0.2, -0.15) is 0 Å². The van der Waals surface area contributed by atoms with Crippen molar-refractivity contribution in [3.63, 3.8) is 0 Å². The molecular formula is C16H24N2O2. The molecule has 0 fully saturated rings. The highest BCUT2D eigenvalue weighted by Gasteiger charge is 2.19. The molecule has 2 aromatic heterocycles. The van der Waals surface area contributed by atoms with Crippen molar-refractivity contribution >= 4 is 17.1 Å². The normalized spacial score (nSPS) is 10.9. The minimum Gasteiger partial charge on any atom is -0.443 e. The molecule has 0 radical (unpaired) electrons. The number of hydrogen-bond acceptors (Lipinski definition) is 3. The quantitative estimate of drug-likeness (QED) is 0.775. The number of aromatic nitrogens is 2. The first-order valence-corrected chi connectivity index (χ1v) is 7.11. The van der Waals surface area contributed by atoms with E-state index in [0.29, 0.717) is 5.65 Å². The van der Waals surface area contributed by atoms with E-state index in [1.54, 1.807) is 6.20 Å². The van der Waals surface area contributed by atoms with Gasteiger partial charge in [0.15, 0.2) is 0 Å². The second-order valence-corrected chi connectivity index (χ2v) is 5.24. The summed E-state index contributed by atoms with van der Waals surface area (Å²) >= 11 is 0. The van der Waals surface area contributed by atoms with Crippen LogP contribution in [0.2, 0.25) is 0 Å². The average Bonchev–Trinajstić information content (AvgIpc) is 2.81. The number of aryl methyl sites for hydroxylation is 1. The fraction of sp³-hybridized carbons (Fsp3) is 0.500. The molecule has 0 saturated heterocycles. The highest BCUT2D eigenvalue weighted by Crippen LogP contribution is 2.17. The van der Waals surface area contributed by atoms with Crippen LogP contribution in [0.3, 0.4) is 0 Å². The van der Waals surface area contributed by atoms with Gasteiger partial charge in [-0.15, -0.1) is 0 Å². The summed E-state index contributed by atoms with van der Waals surface area (Å²) in [6.07, 6.45) is 2.15. The van der Waals surface area contributed by atoms with Crippen molar-refractivity contribution in [2.45, 2.75) is 53.6 Å². The first kappa shape index (κ1) is 16.2. The first-order valence-electron chi connectivity index (χ1n) is 7.11. The van der Waals surface area contributed by atoms with Crippen molar-refractivity contribution < 1.29 is 9.53 Å². The van der Waals surface area contributed by atoms with E-state index in [9.17, 15) is 4.79 Å². The van der Waals surface area contributed by atoms with Gasteiger partial charge < -0.3 is 4.74 Å². The zero-order chi connectivity index (χ0) is 15.3. The second-order valence-electron chi connectivity index (χ2n) is 5.24. The Hall–Kier alpha value is -1.84. The number of rotatable bonds is 1. The third-order valence-corrected chi connectivity index (χ3v) is 2.55. The summed E-state index contributed by atoms with van der Waals surface area (Å²) in [7, 11) is 0. The lowest BCUT2D eigenvalue weighted by molar-refractivity contribution is 0.0543. The molecule has 2 aromatic rings. The minimum absolute atomic E-state index is 0.391. The summed E-state index contributed by atoms with van der Waals surface area (Å²) in [6, 6.07) is 5.81. The molecule has 4 nitrogen and oxygen atoms in total. The van der Waals surface area contributed by atoms with Gasteiger partial charge in [-0.1, -0.05) is 20.8 Å². The number of hydrogen-bond donors (Lipinski definition) is 0. The topological polar surface area (TPSA) is 44.1 Å². The summed E-state index contributed by atoms with van der Waals surface area (Å²) in [5.74, 6) is 0. The van der Waals surface area contributed by atoms with E-state index in [1.165, 1.54) is 4.57 Å². The van der Waals surface area contributed by atoms with Crippen LogP contribution in [0, 0.1) is 0 Å². The van der Waals surface area contributed by atoms with Gasteiger partial charge in [0.05, 0.1) is 0 Å². The zero-order valence-corrected chi connectivity index (χ0v) is 13.2. The Morgan fingerprint density at radius 2 is 1.90 bits per heavy atom.